The second kappa shape index (κ2) is 9.60. The lowest BCUT2D eigenvalue weighted by atomic mass is 10.2. The van der Waals surface area contributed by atoms with E-state index in [1.165, 1.54) is 17.8 Å². The fourth-order valence-corrected chi connectivity index (χ4v) is 2.52. The Morgan fingerprint density at radius 3 is 2.65 bits per heavy atom. The Morgan fingerprint density at radius 2 is 2.00 bits per heavy atom. The van der Waals surface area contributed by atoms with Crippen LogP contribution in [-0.4, -0.2) is 48.0 Å². The number of aryl methyl sites for hydroxylation is 1. The smallest absolute Gasteiger partial charge is 0.254 e. The molecule has 1 aromatic heterocycles. The van der Waals surface area contributed by atoms with E-state index in [1.807, 2.05) is 38.2 Å². The van der Waals surface area contributed by atoms with Gasteiger partial charge in [-0.3, -0.25) is 9.79 Å². The molecular weight excluding hydrogens is 333 g/mol. The summed E-state index contributed by atoms with van der Waals surface area (Å²) in [5, 5.41) is 5.93. The molecule has 0 radical (unpaired) electrons. The van der Waals surface area contributed by atoms with E-state index in [4.69, 9.17) is 0 Å². The molecule has 1 heterocycles. The zero-order chi connectivity index (χ0) is 18.9. The standard InChI is InChI=1S/C19H26FN5O/c1-4-21-19(25(3)14-15-8-7-13-24(15)2)23-12-11-22-18(26)16-9-5-6-10-17(16)20/h5-10,13H,4,11-12,14H2,1-3H3,(H,21,23)(H,22,26). The summed E-state index contributed by atoms with van der Waals surface area (Å²) in [6.07, 6.45) is 2.01. The van der Waals surface area contributed by atoms with Gasteiger partial charge in [0.2, 0.25) is 0 Å². The van der Waals surface area contributed by atoms with Gasteiger partial charge in [0.15, 0.2) is 5.96 Å². The first-order valence-corrected chi connectivity index (χ1v) is 8.65. The van der Waals surface area contributed by atoms with Gasteiger partial charge >= 0.3 is 0 Å². The van der Waals surface area contributed by atoms with Crippen LogP contribution < -0.4 is 10.6 Å². The highest BCUT2D eigenvalue weighted by Gasteiger charge is 2.10. The molecule has 0 aliphatic rings. The summed E-state index contributed by atoms with van der Waals surface area (Å²) in [7, 11) is 3.97. The number of nitrogens with zero attached hydrogens (tertiary/aromatic N) is 3. The van der Waals surface area contributed by atoms with E-state index >= 15 is 0 Å². The molecule has 0 saturated carbocycles. The molecule has 26 heavy (non-hydrogen) atoms. The van der Waals surface area contributed by atoms with Crippen molar-refractivity contribution in [2.45, 2.75) is 13.5 Å². The lowest BCUT2D eigenvalue weighted by Gasteiger charge is -2.22. The number of aliphatic imine (C=N–C) groups is 1. The molecule has 7 heteroatoms. The molecule has 2 rings (SSSR count). The second-order valence-corrected chi connectivity index (χ2v) is 5.94. The summed E-state index contributed by atoms with van der Waals surface area (Å²) < 4.78 is 15.7. The fourth-order valence-electron chi connectivity index (χ4n) is 2.52. The second-order valence-electron chi connectivity index (χ2n) is 5.94. The van der Waals surface area contributed by atoms with Crippen LogP contribution in [0.25, 0.3) is 0 Å². The van der Waals surface area contributed by atoms with Gasteiger partial charge in [-0.15, -0.1) is 0 Å². The highest BCUT2D eigenvalue weighted by molar-refractivity contribution is 5.94. The molecule has 0 bridgehead atoms. The molecule has 1 aromatic carbocycles. The Balaban J connectivity index is 1.89. The summed E-state index contributed by atoms with van der Waals surface area (Å²) in [5.41, 5.74) is 1.22. The third-order valence-corrected chi connectivity index (χ3v) is 3.92. The Labute approximate surface area is 153 Å². The van der Waals surface area contributed by atoms with Gasteiger partial charge in [0, 0.05) is 39.1 Å². The first kappa shape index (κ1) is 19.5. The van der Waals surface area contributed by atoms with Crippen molar-refractivity contribution in [3.8, 4) is 0 Å². The van der Waals surface area contributed by atoms with Crippen molar-refractivity contribution in [3.05, 3.63) is 59.7 Å². The van der Waals surface area contributed by atoms with E-state index < -0.39 is 11.7 Å². The largest absolute Gasteiger partial charge is 0.357 e. The number of carbonyl (C=O) groups is 1. The number of halogens is 1. The SMILES string of the molecule is CCNC(=NCCNC(=O)c1ccccc1F)N(C)Cc1cccn1C. The van der Waals surface area contributed by atoms with Crippen LogP contribution in [-0.2, 0) is 13.6 Å². The molecule has 2 N–H and O–H groups in total. The minimum atomic E-state index is -0.524. The highest BCUT2D eigenvalue weighted by atomic mass is 19.1. The zero-order valence-corrected chi connectivity index (χ0v) is 15.5. The number of carbonyl (C=O) groups excluding carboxylic acids is 1. The van der Waals surface area contributed by atoms with Gasteiger partial charge in [-0.25, -0.2) is 4.39 Å². The molecule has 0 unspecified atom stereocenters. The number of hydrogen-bond acceptors (Lipinski definition) is 2. The minimum Gasteiger partial charge on any atom is -0.357 e. The third kappa shape index (κ3) is 5.34. The van der Waals surface area contributed by atoms with Crippen LogP contribution in [0.1, 0.15) is 23.0 Å². The van der Waals surface area contributed by atoms with Gasteiger partial charge in [-0.05, 0) is 31.2 Å². The predicted octanol–water partition coefficient (Wildman–Crippen LogP) is 1.99. The van der Waals surface area contributed by atoms with Crippen molar-refractivity contribution >= 4 is 11.9 Å². The first-order chi connectivity index (χ1) is 12.5. The van der Waals surface area contributed by atoms with Crippen molar-refractivity contribution in [2.75, 3.05) is 26.7 Å². The van der Waals surface area contributed by atoms with Gasteiger partial charge in [-0.2, -0.15) is 0 Å². The average Bonchev–Trinajstić information content (AvgIpc) is 3.02. The Kier molecular flexibility index (Phi) is 7.20. The van der Waals surface area contributed by atoms with E-state index in [0.29, 0.717) is 13.1 Å². The Morgan fingerprint density at radius 1 is 1.23 bits per heavy atom. The summed E-state index contributed by atoms with van der Waals surface area (Å²) in [6, 6.07) is 10.0. The van der Waals surface area contributed by atoms with Crippen LogP contribution in [0.4, 0.5) is 4.39 Å². The summed E-state index contributed by atoms with van der Waals surface area (Å²) in [5.74, 6) is -0.196. The zero-order valence-electron chi connectivity index (χ0n) is 15.5. The summed E-state index contributed by atoms with van der Waals surface area (Å²) >= 11 is 0. The summed E-state index contributed by atoms with van der Waals surface area (Å²) in [4.78, 5) is 18.5. The lowest BCUT2D eigenvalue weighted by Crippen LogP contribution is -2.39. The quantitative estimate of drug-likeness (QED) is 0.452. The van der Waals surface area contributed by atoms with Crippen molar-refractivity contribution in [1.29, 1.82) is 0 Å². The number of aromatic nitrogens is 1. The van der Waals surface area contributed by atoms with E-state index in [1.54, 1.807) is 12.1 Å². The molecule has 0 aliphatic carbocycles. The van der Waals surface area contributed by atoms with Crippen LogP contribution in [0.2, 0.25) is 0 Å². The molecule has 0 fully saturated rings. The van der Waals surface area contributed by atoms with Crippen molar-refractivity contribution < 1.29 is 9.18 Å². The van der Waals surface area contributed by atoms with E-state index in [2.05, 4.69) is 26.3 Å². The van der Waals surface area contributed by atoms with Gasteiger partial charge in [0.05, 0.1) is 18.7 Å². The maximum absolute atomic E-state index is 13.6. The Bertz CT molecular complexity index is 756. The van der Waals surface area contributed by atoms with Gasteiger partial charge < -0.3 is 20.1 Å². The van der Waals surface area contributed by atoms with Crippen molar-refractivity contribution in [1.82, 2.24) is 20.1 Å². The number of amides is 1. The molecule has 0 spiro atoms. The first-order valence-electron chi connectivity index (χ1n) is 8.65. The fraction of sp³-hybridized carbons (Fsp3) is 0.368. The van der Waals surface area contributed by atoms with Crippen LogP contribution >= 0.6 is 0 Å². The average molecular weight is 359 g/mol. The van der Waals surface area contributed by atoms with E-state index in [0.717, 1.165) is 19.0 Å². The van der Waals surface area contributed by atoms with Crippen molar-refractivity contribution in [2.24, 2.45) is 12.0 Å². The topological polar surface area (TPSA) is 61.7 Å². The van der Waals surface area contributed by atoms with Crippen LogP contribution in [0.15, 0.2) is 47.6 Å². The summed E-state index contributed by atoms with van der Waals surface area (Å²) in [6.45, 7) is 4.21. The number of nitrogens with one attached hydrogen (secondary N) is 2. The predicted molar refractivity (Wildman–Crippen MR) is 102 cm³/mol. The van der Waals surface area contributed by atoms with Crippen LogP contribution in [0.3, 0.4) is 0 Å². The maximum Gasteiger partial charge on any atom is 0.254 e. The Hall–Kier alpha value is -2.83. The third-order valence-electron chi connectivity index (χ3n) is 3.92. The van der Waals surface area contributed by atoms with Crippen LogP contribution in [0.5, 0.6) is 0 Å². The van der Waals surface area contributed by atoms with Crippen molar-refractivity contribution in [3.63, 3.8) is 0 Å². The normalized spacial score (nSPS) is 11.3. The monoisotopic (exact) mass is 359 g/mol. The van der Waals surface area contributed by atoms with Gasteiger partial charge in [-0.1, -0.05) is 12.1 Å². The molecule has 2 aromatic rings. The molecule has 1 amide bonds. The van der Waals surface area contributed by atoms with Gasteiger partial charge in [0.1, 0.15) is 5.82 Å². The number of guanidine groups is 1. The molecule has 0 atom stereocenters. The number of hydrogen-bond donors (Lipinski definition) is 2. The highest BCUT2D eigenvalue weighted by Crippen LogP contribution is 2.06. The lowest BCUT2D eigenvalue weighted by molar-refractivity contribution is 0.0951. The molecule has 140 valence electrons. The molecule has 0 aliphatic heterocycles. The molecular formula is C19H26FN5O. The maximum atomic E-state index is 13.6. The number of benzene rings is 1. The van der Waals surface area contributed by atoms with Gasteiger partial charge in [0.25, 0.3) is 5.91 Å². The molecule has 6 nitrogen and oxygen atoms in total. The number of rotatable bonds is 7. The van der Waals surface area contributed by atoms with E-state index in [-0.39, 0.29) is 5.56 Å². The minimum absolute atomic E-state index is 0.0456. The molecule has 0 saturated heterocycles. The van der Waals surface area contributed by atoms with Crippen LogP contribution in [0, 0.1) is 5.82 Å². The van der Waals surface area contributed by atoms with E-state index in [9.17, 15) is 9.18 Å².